The highest BCUT2D eigenvalue weighted by Gasteiger charge is 2.42. The molecule has 9 nitrogen and oxygen atoms in total. The van der Waals surface area contributed by atoms with Gasteiger partial charge in [-0.15, -0.1) is 0 Å². The van der Waals surface area contributed by atoms with E-state index in [0.717, 1.165) is 24.1 Å². The second-order valence-electron chi connectivity index (χ2n) is 9.52. The van der Waals surface area contributed by atoms with E-state index in [2.05, 4.69) is 34.3 Å². The number of nitrogens with one attached hydrogen (secondary N) is 2. The number of H-pyrrole nitrogens is 1. The molecule has 0 aliphatic carbocycles. The normalized spacial score (nSPS) is 19.4. The fourth-order valence-corrected chi connectivity index (χ4v) is 6.10. The Balaban J connectivity index is 1.57. The first kappa shape index (κ1) is 24.2. The van der Waals surface area contributed by atoms with Gasteiger partial charge in [0.1, 0.15) is 5.69 Å². The molecule has 3 heterocycles. The fourth-order valence-electron chi connectivity index (χ4n) is 4.57. The summed E-state index contributed by atoms with van der Waals surface area (Å²) in [6.45, 7) is 5.19. The minimum atomic E-state index is -3.75. The lowest BCUT2D eigenvalue weighted by atomic mass is 9.74. The molecule has 1 aliphatic rings. The van der Waals surface area contributed by atoms with Gasteiger partial charge in [-0.2, -0.15) is 9.40 Å². The van der Waals surface area contributed by atoms with Crippen LogP contribution in [-0.4, -0.2) is 58.0 Å². The van der Waals surface area contributed by atoms with E-state index in [4.69, 9.17) is 0 Å². The van der Waals surface area contributed by atoms with Crippen molar-refractivity contribution in [2.75, 3.05) is 19.6 Å². The third kappa shape index (κ3) is 5.07. The molecular weight excluding hydrogens is 452 g/mol. The van der Waals surface area contributed by atoms with Crippen LogP contribution in [0.25, 0.3) is 0 Å². The predicted octanol–water partition coefficient (Wildman–Crippen LogP) is 2.49. The number of hydrogen-bond donors (Lipinski definition) is 2. The molecule has 1 amide bonds. The number of benzene rings is 1. The van der Waals surface area contributed by atoms with Gasteiger partial charge in [0, 0.05) is 38.3 Å². The topological polar surface area (TPSA) is 113 Å². The summed E-state index contributed by atoms with van der Waals surface area (Å²) in [7, 11) is -2.00. The first-order valence-electron chi connectivity index (χ1n) is 11.6. The zero-order valence-electron chi connectivity index (χ0n) is 19.9. The van der Waals surface area contributed by atoms with Crippen molar-refractivity contribution in [3.05, 3.63) is 65.9 Å². The molecule has 0 radical (unpaired) electrons. The van der Waals surface area contributed by atoms with Gasteiger partial charge in [-0.05, 0) is 36.8 Å². The van der Waals surface area contributed by atoms with Crippen LogP contribution in [0.15, 0.2) is 53.9 Å². The molecule has 1 aliphatic heterocycles. The van der Waals surface area contributed by atoms with E-state index in [1.807, 2.05) is 30.3 Å². The minimum Gasteiger partial charge on any atom is -0.350 e. The number of piperidine rings is 1. The first-order valence-corrected chi connectivity index (χ1v) is 13.0. The number of aromatic amines is 1. The summed E-state index contributed by atoms with van der Waals surface area (Å²) in [6.07, 6.45) is 5.23. The van der Waals surface area contributed by atoms with Crippen LogP contribution in [0, 0.1) is 5.92 Å². The molecule has 34 heavy (non-hydrogen) atoms. The van der Waals surface area contributed by atoms with Crippen molar-refractivity contribution in [2.45, 2.75) is 43.6 Å². The summed E-state index contributed by atoms with van der Waals surface area (Å²) < 4.78 is 29.8. The Labute approximate surface area is 200 Å². The number of carbonyl (C=O) groups excluding carboxylic acids is 1. The van der Waals surface area contributed by atoms with Crippen LogP contribution in [0.2, 0.25) is 0 Å². The van der Waals surface area contributed by atoms with Crippen molar-refractivity contribution >= 4 is 15.9 Å². The number of aryl methyl sites for hydroxylation is 1. The number of carbonyl (C=O) groups is 1. The second kappa shape index (κ2) is 9.71. The molecule has 0 spiro atoms. The smallest absolute Gasteiger partial charge is 0.269 e. The van der Waals surface area contributed by atoms with Crippen LogP contribution in [0.5, 0.6) is 0 Å². The maximum Gasteiger partial charge on any atom is 0.269 e. The molecule has 182 valence electrons. The van der Waals surface area contributed by atoms with Crippen molar-refractivity contribution in [1.82, 2.24) is 29.4 Å². The largest absolute Gasteiger partial charge is 0.350 e. The minimum absolute atomic E-state index is 0.0399. The van der Waals surface area contributed by atoms with Crippen LogP contribution in [0.4, 0.5) is 0 Å². The van der Waals surface area contributed by atoms with Gasteiger partial charge in [0.2, 0.25) is 0 Å². The maximum atomic E-state index is 13.3. The van der Waals surface area contributed by atoms with Gasteiger partial charge >= 0.3 is 0 Å². The van der Waals surface area contributed by atoms with Crippen LogP contribution < -0.4 is 5.32 Å². The quantitative estimate of drug-likeness (QED) is 0.510. The Hall–Kier alpha value is -2.98. The molecule has 3 aromatic rings. The van der Waals surface area contributed by atoms with Crippen LogP contribution in [0.1, 0.15) is 48.4 Å². The number of imidazole rings is 1. The van der Waals surface area contributed by atoms with E-state index in [0.29, 0.717) is 31.1 Å². The number of hydrogen-bond acceptors (Lipinski definition) is 5. The van der Waals surface area contributed by atoms with Gasteiger partial charge in [0.05, 0.1) is 12.0 Å². The lowest BCUT2D eigenvalue weighted by Crippen LogP contribution is -2.53. The highest BCUT2D eigenvalue weighted by atomic mass is 32.2. The molecule has 0 bridgehead atoms. The van der Waals surface area contributed by atoms with Gasteiger partial charge in [-0.1, -0.05) is 44.2 Å². The second-order valence-corrected chi connectivity index (χ2v) is 11.4. The zero-order chi connectivity index (χ0) is 24.3. The molecule has 1 atom stereocenters. The third-order valence-corrected chi connectivity index (χ3v) is 8.02. The molecule has 1 unspecified atom stereocenters. The van der Waals surface area contributed by atoms with Gasteiger partial charge in [-0.3, -0.25) is 9.89 Å². The highest BCUT2D eigenvalue weighted by molar-refractivity contribution is 7.89. The van der Waals surface area contributed by atoms with Crippen LogP contribution in [-0.2, 0) is 28.9 Å². The SMILES string of the molecule is CC(C)Cc1cc(C(=O)NCC2(c3ccccc3)CCCN(S(=O)(=O)c3cn(C)cn3)C2)[nH]n1. The average Bonchev–Trinajstić information content (AvgIpc) is 3.47. The molecule has 2 aromatic heterocycles. The number of nitrogens with zero attached hydrogens (tertiary/aromatic N) is 4. The van der Waals surface area contributed by atoms with Gasteiger partial charge in [0.15, 0.2) is 5.03 Å². The molecule has 1 fully saturated rings. The predicted molar refractivity (Wildman–Crippen MR) is 129 cm³/mol. The number of amides is 1. The molecule has 0 saturated carbocycles. The molecule has 4 rings (SSSR count). The van der Waals surface area contributed by atoms with E-state index < -0.39 is 15.4 Å². The Morgan fingerprint density at radius 1 is 1.26 bits per heavy atom. The first-order chi connectivity index (χ1) is 16.2. The Morgan fingerprint density at radius 2 is 2.03 bits per heavy atom. The summed E-state index contributed by atoms with van der Waals surface area (Å²) in [5.41, 5.74) is 1.70. The Kier molecular flexibility index (Phi) is 6.90. The number of aromatic nitrogens is 4. The van der Waals surface area contributed by atoms with Crippen LogP contribution >= 0.6 is 0 Å². The van der Waals surface area contributed by atoms with Gasteiger partial charge < -0.3 is 9.88 Å². The van der Waals surface area contributed by atoms with Crippen molar-refractivity contribution < 1.29 is 13.2 Å². The third-order valence-electron chi connectivity index (χ3n) is 6.29. The molecular formula is C24H32N6O3S. The summed E-state index contributed by atoms with van der Waals surface area (Å²) in [4.78, 5) is 17.0. The van der Waals surface area contributed by atoms with Crippen molar-refractivity contribution in [3.63, 3.8) is 0 Å². The zero-order valence-corrected chi connectivity index (χ0v) is 20.7. The van der Waals surface area contributed by atoms with E-state index in [9.17, 15) is 13.2 Å². The van der Waals surface area contributed by atoms with E-state index >= 15 is 0 Å². The van der Waals surface area contributed by atoms with Gasteiger partial charge in [0.25, 0.3) is 15.9 Å². The Morgan fingerprint density at radius 3 is 2.71 bits per heavy atom. The highest BCUT2D eigenvalue weighted by Crippen LogP contribution is 2.36. The van der Waals surface area contributed by atoms with E-state index in [1.165, 1.54) is 16.8 Å². The van der Waals surface area contributed by atoms with Crippen molar-refractivity contribution in [2.24, 2.45) is 13.0 Å². The average molecular weight is 485 g/mol. The monoisotopic (exact) mass is 484 g/mol. The lowest BCUT2D eigenvalue weighted by Gasteiger charge is -2.42. The fraction of sp³-hybridized carbons (Fsp3) is 0.458. The van der Waals surface area contributed by atoms with Crippen LogP contribution in [0.3, 0.4) is 0 Å². The summed E-state index contributed by atoms with van der Waals surface area (Å²) in [6, 6.07) is 11.6. The number of sulfonamides is 1. The molecule has 1 aromatic carbocycles. The van der Waals surface area contributed by atoms with E-state index in [-0.39, 0.29) is 17.5 Å². The Bertz CT molecular complexity index is 1230. The summed E-state index contributed by atoms with van der Waals surface area (Å²) in [5.74, 6) is 0.192. The van der Waals surface area contributed by atoms with Crippen molar-refractivity contribution in [3.8, 4) is 0 Å². The lowest BCUT2D eigenvalue weighted by molar-refractivity contribution is 0.0927. The number of rotatable bonds is 8. The standard InChI is InChI=1S/C24H32N6O3S/c1-18(2)12-20-13-21(28-27-20)23(31)25-15-24(19-8-5-4-6-9-19)10-7-11-30(16-24)34(32,33)22-14-29(3)17-26-22/h4-6,8-9,13-14,17-18H,7,10-12,15-16H2,1-3H3,(H,25,31)(H,27,28). The maximum absolute atomic E-state index is 13.3. The molecule has 10 heteroatoms. The van der Waals surface area contributed by atoms with Crippen molar-refractivity contribution in [1.29, 1.82) is 0 Å². The molecule has 2 N–H and O–H groups in total. The summed E-state index contributed by atoms with van der Waals surface area (Å²) in [5, 5.41) is 10.2. The summed E-state index contributed by atoms with van der Waals surface area (Å²) >= 11 is 0. The molecule has 1 saturated heterocycles. The van der Waals surface area contributed by atoms with E-state index in [1.54, 1.807) is 17.7 Å². The van der Waals surface area contributed by atoms with Gasteiger partial charge in [-0.25, -0.2) is 13.4 Å².